The fraction of sp³-hybridized carbons (Fsp3) is 0.923. The van der Waals surface area contributed by atoms with Crippen molar-refractivity contribution in [1.82, 2.24) is 0 Å². The molecule has 2 N–H and O–H groups in total. The molecule has 2 atom stereocenters. The average molecular weight is 213 g/mol. The number of ketones is 1. The topological polar surface area (TPSA) is 43.1 Å². The van der Waals surface area contributed by atoms with E-state index in [0.717, 1.165) is 19.3 Å². The zero-order valence-corrected chi connectivity index (χ0v) is 10.8. The van der Waals surface area contributed by atoms with E-state index in [9.17, 15) is 4.79 Å². The standard InChI is InChI=1S/C13H27NO/c1-5-6-11(4)13(15)8-12(9-14)7-10(2)3/h10-12H,5-9,14H2,1-4H3. The maximum Gasteiger partial charge on any atom is 0.136 e. The normalized spacial score (nSPS) is 15.3. The zero-order valence-electron chi connectivity index (χ0n) is 10.8. The Hall–Kier alpha value is -0.370. The van der Waals surface area contributed by atoms with E-state index >= 15 is 0 Å². The van der Waals surface area contributed by atoms with Gasteiger partial charge >= 0.3 is 0 Å². The molecular weight excluding hydrogens is 186 g/mol. The lowest BCUT2D eigenvalue weighted by Gasteiger charge is -2.18. The number of carbonyl (C=O) groups excluding carboxylic acids is 1. The molecule has 0 aliphatic rings. The van der Waals surface area contributed by atoms with Crippen LogP contribution in [0.4, 0.5) is 0 Å². The van der Waals surface area contributed by atoms with E-state index in [1.807, 2.05) is 6.92 Å². The van der Waals surface area contributed by atoms with Gasteiger partial charge < -0.3 is 5.73 Å². The van der Waals surface area contributed by atoms with Crippen molar-refractivity contribution in [2.75, 3.05) is 6.54 Å². The number of rotatable bonds is 8. The van der Waals surface area contributed by atoms with Crippen LogP contribution in [0.15, 0.2) is 0 Å². The first kappa shape index (κ1) is 14.6. The molecular formula is C13H27NO. The molecule has 0 aliphatic carbocycles. The molecule has 0 aromatic heterocycles. The van der Waals surface area contributed by atoms with Crippen molar-refractivity contribution in [3.05, 3.63) is 0 Å². The van der Waals surface area contributed by atoms with Crippen LogP contribution in [0.2, 0.25) is 0 Å². The highest BCUT2D eigenvalue weighted by molar-refractivity contribution is 5.80. The number of hydrogen-bond donors (Lipinski definition) is 1. The summed E-state index contributed by atoms with van der Waals surface area (Å²) in [5, 5.41) is 0. The molecule has 15 heavy (non-hydrogen) atoms. The van der Waals surface area contributed by atoms with Crippen molar-refractivity contribution >= 4 is 5.78 Å². The highest BCUT2D eigenvalue weighted by atomic mass is 16.1. The molecule has 0 radical (unpaired) electrons. The second-order valence-electron chi connectivity index (χ2n) is 5.09. The minimum Gasteiger partial charge on any atom is -0.330 e. The summed E-state index contributed by atoms with van der Waals surface area (Å²) in [5.74, 6) is 1.63. The van der Waals surface area contributed by atoms with Crippen LogP contribution in [0, 0.1) is 17.8 Å². The van der Waals surface area contributed by atoms with E-state index < -0.39 is 0 Å². The number of hydrogen-bond acceptors (Lipinski definition) is 2. The van der Waals surface area contributed by atoms with Crippen molar-refractivity contribution in [3.8, 4) is 0 Å². The summed E-state index contributed by atoms with van der Waals surface area (Å²) in [7, 11) is 0. The van der Waals surface area contributed by atoms with Crippen molar-refractivity contribution in [2.24, 2.45) is 23.5 Å². The van der Waals surface area contributed by atoms with Crippen molar-refractivity contribution in [1.29, 1.82) is 0 Å². The van der Waals surface area contributed by atoms with Gasteiger partial charge in [0, 0.05) is 12.3 Å². The summed E-state index contributed by atoms with van der Waals surface area (Å²) in [6, 6.07) is 0. The van der Waals surface area contributed by atoms with Crippen LogP contribution >= 0.6 is 0 Å². The van der Waals surface area contributed by atoms with E-state index in [0.29, 0.717) is 30.6 Å². The van der Waals surface area contributed by atoms with Crippen molar-refractivity contribution in [2.45, 2.75) is 53.4 Å². The molecule has 0 aliphatic heterocycles. The van der Waals surface area contributed by atoms with Crippen LogP contribution in [0.3, 0.4) is 0 Å². The Kier molecular flexibility index (Phi) is 7.67. The van der Waals surface area contributed by atoms with Crippen LogP contribution in [-0.4, -0.2) is 12.3 Å². The first-order chi connectivity index (χ1) is 7.01. The molecule has 0 fully saturated rings. The van der Waals surface area contributed by atoms with Gasteiger partial charge in [-0.05, 0) is 31.2 Å². The van der Waals surface area contributed by atoms with Crippen LogP contribution in [0.5, 0.6) is 0 Å². The summed E-state index contributed by atoms with van der Waals surface area (Å²) in [6.45, 7) is 9.17. The van der Waals surface area contributed by atoms with E-state index in [-0.39, 0.29) is 5.92 Å². The van der Waals surface area contributed by atoms with Gasteiger partial charge in [-0.1, -0.05) is 34.1 Å². The van der Waals surface area contributed by atoms with Gasteiger partial charge in [-0.2, -0.15) is 0 Å². The molecule has 0 amide bonds. The van der Waals surface area contributed by atoms with Crippen LogP contribution in [0.1, 0.15) is 53.4 Å². The summed E-state index contributed by atoms with van der Waals surface area (Å²) < 4.78 is 0. The van der Waals surface area contributed by atoms with Gasteiger partial charge in [0.05, 0.1) is 0 Å². The molecule has 0 bridgehead atoms. The fourth-order valence-electron chi connectivity index (χ4n) is 2.01. The third kappa shape index (κ3) is 6.67. The Morgan fingerprint density at radius 1 is 1.27 bits per heavy atom. The number of carbonyl (C=O) groups is 1. The Bertz CT molecular complexity index is 177. The van der Waals surface area contributed by atoms with E-state index in [1.54, 1.807) is 0 Å². The first-order valence-electron chi connectivity index (χ1n) is 6.24. The van der Waals surface area contributed by atoms with Gasteiger partial charge in [-0.3, -0.25) is 4.79 Å². The lowest BCUT2D eigenvalue weighted by atomic mass is 9.88. The Balaban J connectivity index is 4.00. The van der Waals surface area contributed by atoms with Gasteiger partial charge in [-0.15, -0.1) is 0 Å². The molecule has 0 saturated carbocycles. The van der Waals surface area contributed by atoms with Crippen molar-refractivity contribution in [3.63, 3.8) is 0 Å². The Morgan fingerprint density at radius 2 is 1.87 bits per heavy atom. The third-order valence-electron chi connectivity index (χ3n) is 2.90. The molecule has 90 valence electrons. The smallest absolute Gasteiger partial charge is 0.136 e. The SMILES string of the molecule is CCCC(C)C(=O)CC(CN)CC(C)C. The molecule has 0 rings (SSSR count). The monoisotopic (exact) mass is 213 g/mol. The summed E-state index contributed by atoms with van der Waals surface area (Å²) >= 11 is 0. The van der Waals surface area contributed by atoms with Crippen LogP contribution in [0.25, 0.3) is 0 Å². The average Bonchev–Trinajstić information content (AvgIpc) is 2.16. The van der Waals surface area contributed by atoms with E-state index in [4.69, 9.17) is 5.73 Å². The molecule has 2 nitrogen and oxygen atoms in total. The molecule has 0 spiro atoms. The maximum absolute atomic E-state index is 11.8. The summed E-state index contributed by atoms with van der Waals surface area (Å²) in [4.78, 5) is 11.8. The van der Waals surface area contributed by atoms with Crippen LogP contribution < -0.4 is 5.73 Å². The second-order valence-corrected chi connectivity index (χ2v) is 5.09. The first-order valence-corrected chi connectivity index (χ1v) is 6.24. The molecule has 2 heteroatoms. The molecule has 2 unspecified atom stereocenters. The van der Waals surface area contributed by atoms with Gasteiger partial charge in [0.1, 0.15) is 5.78 Å². The quantitative estimate of drug-likeness (QED) is 0.673. The van der Waals surface area contributed by atoms with Gasteiger partial charge in [-0.25, -0.2) is 0 Å². The lowest BCUT2D eigenvalue weighted by Crippen LogP contribution is -2.23. The highest BCUT2D eigenvalue weighted by Gasteiger charge is 2.18. The molecule has 0 aromatic rings. The van der Waals surface area contributed by atoms with E-state index in [1.165, 1.54) is 0 Å². The summed E-state index contributed by atoms with van der Waals surface area (Å²) in [5.41, 5.74) is 5.69. The number of Topliss-reactive ketones (excluding diaryl/α,β-unsaturated/α-hetero) is 1. The second kappa shape index (κ2) is 7.86. The lowest BCUT2D eigenvalue weighted by molar-refractivity contribution is -0.123. The molecule has 0 saturated heterocycles. The fourth-order valence-corrected chi connectivity index (χ4v) is 2.01. The van der Waals surface area contributed by atoms with Gasteiger partial charge in [0.25, 0.3) is 0 Å². The number of nitrogens with two attached hydrogens (primary N) is 1. The predicted octanol–water partition coefficient (Wildman–Crippen LogP) is 3.00. The minimum absolute atomic E-state index is 0.219. The highest BCUT2D eigenvalue weighted by Crippen LogP contribution is 2.18. The minimum atomic E-state index is 0.219. The molecule has 0 heterocycles. The summed E-state index contributed by atoms with van der Waals surface area (Å²) in [6.07, 6.45) is 3.85. The van der Waals surface area contributed by atoms with E-state index in [2.05, 4.69) is 20.8 Å². The third-order valence-corrected chi connectivity index (χ3v) is 2.90. The Morgan fingerprint density at radius 3 is 2.27 bits per heavy atom. The van der Waals surface area contributed by atoms with Crippen LogP contribution in [-0.2, 0) is 4.79 Å². The Labute approximate surface area is 94.6 Å². The maximum atomic E-state index is 11.8. The van der Waals surface area contributed by atoms with Gasteiger partial charge in [0.15, 0.2) is 0 Å². The largest absolute Gasteiger partial charge is 0.330 e. The van der Waals surface area contributed by atoms with Crippen molar-refractivity contribution < 1.29 is 4.79 Å². The predicted molar refractivity (Wildman–Crippen MR) is 65.7 cm³/mol. The van der Waals surface area contributed by atoms with Gasteiger partial charge in [0.2, 0.25) is 0 Å². The molecule has 0 aromatic carbocycles. The zero-order chi connectivity index (χ0) is 11.8.